The Morgan fingerprint density at radius 3 is 2.70 bits per heavy atom. The van der Waals surface area contributed by atoms with Crippen LogP contribution in [0.5, 0.6) is 0 Å². The number of carbonyl (C=O) groups is 2. The number of imide groups is 1. The molecule has 1 aromatic carbocycles. The van der Waals surface area contributed by atoms with Gasteiger partial charge in [-0.15, -0.1) is 6.42 Å². The van der Waals surface area contributed by atoms with Crippen LogP contribution in [0.15, 0.2) is 35.4 Å². The molecule has 1 fully saturated rings. The number of hydrogen-bond acceptors (Lipinski definition) is 3. The number of amides is 2. The zero-order valence-corrected chi connectivity index (χ0v) is 13.8. The van der Waals surface area contributed by atoms with Crippen LogP contribution in [0, 0.1) is 12.3 Å². The topological polar surface area (TPSA) is 42.3 Å². The molecule has 0 saturated carbocycles. The van der Waals surface area contributed by atoms with Crippen LogP contribution in [0.3, 0.4) is 0 Å². The number of thioether (sulfide) groups is 1. The van der Waals surface area contributed by atoms with Gasteiger partial charge in [0, 0.05) is 28.7 Å². The highest BCUT2D eigenvalue weighted by Gasteiger charge is 2.36. The third-order valence-electron chi connectivity index (χ3n) is 3.71. The number of carbonyl (C=O) groups excluding carboxylic acids is 2. The summed E-state index contributed by atoms with van der Waals surface area (Å²) in [5.74, 6) is 2.40. The van der Waals surface area contributed by atoms with E-state index in [0.717, 1.165) is 28.2 Å². The molecular formula is C18H16N2O2S. The lowest BCUT2D eigenvalue weighted by molar-refractivity contribution is -0.123. The first kappa shape index (κ1) is 15.4. The number of rotatable bonds is 3. The van der Waals surface area contributed by atoms with Gasteiger partial charge < -0.3 is 4.57 Å². The van der Waals surface area contributed by atoms with Gasteiger partial charge >= 0.3 is 0 Å². The van der Waals surface area contributed by atoms with Gasteiger partial charge in [-0.25, -0.2) is 0 Å². The minimum atomic E-state index is -0.233. The molecule has 23 heavy (non-hydrogen) atoms. The number of terminal acetylenes is 1. The van der Waals surface area contributed by atoms with Crippen molar-refractivity contribution in [2.24, 2.45) is 0 Å². The van der Waals surface area contributed by atoms with Gasteiger partial charge in [-0.3, -0.25) is 14.5 Å². The van der Waals surface area contributed by atoms with Gasteiger partial charge in [-0.1, -0.05) is 24.1 Å². The summed E-state index contributed by atoms with van der Waals surface area (Å²) in [4.78, 5) is 26.1. The Morgan fingerprint density at radius 1 is 1.30 bits per heavy atom. The third-order valence-corrected chi connectivity index (χ3v) is 4.59. The van der Waals surface area contributed by atoms with Crippen molar-refractivity contribution >= 4 is 39.9 Å². The second kappa shape index (κ2) is 5.98. The number of aromatic nitrogens is 1. The van der Waals surface area contributed by atoms with E-state index in [-0.39, 0.29) is 17.2 Å². The molecule has 1 aliphatic rings. The van der Waals surface area contributed by atoms with Crippen LogP contribution in [0.4, 0.5) is 4.79 Å². The number of fused-ring (bicyclic) bond motifs is 1. The van der Waals surface area contributed by atoms with Crippen LogP contribution >= 0.6 is 11.8 Å². The standard InChI is InChI=1S/C18H16N2O2S/c1-4-9-19-11-13(14-7-5-6-8-15(14)19)10-16-17(21)20(12(2)3)18(22)23-16/h1,5-8,10-12H,9H2,2-3H3/b16-10-. The van der Waals surface area contributed by atoms with Crippen LogP contribution in [-0.2, 0) is 11.3 Å². The third kappa shape index (κ3) is 2.66. The van der Waals surface area contributed by atoms with Crippen LogP contribution in [0.1, 0.15) is 19.4 Å². The lowest BCUT2D eigenvalue weighted by Crippen LogP contribution is -2.34. The van der Waals surface area contributed by atoms with E-state index in [2.05, 4.69) is 5.92 Å². The first-order chi connectivity index (χ1) is 11.0. The molecule has 5 heteroatoms. The fourth-order valence-corrected chi connectivity index (χ4v) is 3.64. The fraction of sp³-hybridized carbons (Fsp3) is 0.222. The largest absolute Gasteiger partial charge is 0.335 e. The van der Waals surface area contributed by atoms with Gasteiger partial charge in [0.25, 0.3) is 11.1 Å². The molecule has 0 radical (unpaired) electrons. The van der Waals surface area contributed by atoms with E-state index in [1.165, 1.54) is 4.90 Å². The highest BCUT2D eigenvalue weighted by Crippen LogP contribution is 2.35. The molecule has 1 aromatic heterocycles. The van der Waals surface area contributed by atoms with Crippen LogP contribution in [-0.4, -0.2) is 26.7 Å². The van der Waals surface area contributed by atoms with Gasteiger partial charge in [-0.05, 0) is 37.8 Å². The Bertz CT molecular complexity index is 871. The minimum Gasteiger partial charge on any atom is -0.335 e. The Morgan fingerprint density at radius 2 is 2.04 bits per heavy atom. The first-order valence-corrected chi connectivity index (χ1v) is 8.13. The second-order valence-electron chi connectivity index (χ2n) is 5.58. The highest BCUT2D eigenvalue weighted by atomic mass is 32.2. The second-order valence-corrected chi connectivity index (χ2v) is 6.57. The lowest BCUT2D eigenvalue weighted by Gasteiger charge is -2.16. The van der Waals surface area contributed by atoms with Crippen LogP contribution < -0.4 is 0 Å². The Balaban J connectivity index is 2.07. The average molecular weight is 324 g/mol. The zero-order valence-electron chi connectivity index (χ0n) is 12.9. The van der Waals surface area contributed by atoms with Crippen molar-refractivity contribution < 1.29 is 9.59 Å². The molecule has 1 aliphatic heterocycles. The van der Waals surface area contributed by atoms with Crippen molar-refractivity contribution in [1.29, 1.82) is 0 Å². The summed E-state index contributed by atoms with van der Waals surface area (Å²) in [7, 11) is 0. The van der Waals surface area contributed by atoms with Gasteiger partial charge in [0.05, 0.1) is 11.4 Å². The summed E-state index contributed by atoms with van der Waals surface area (Å²) in [6.45, 7) is 4.12. The molecule has 4 nitrogen and oxygen atoms in total. The van der Waals surface area contributed by atoms with E-state index in [4.69, 9.17) is 6.42 Å². The molecule has 2 aromatic rings. The Hall–Kier alpha value is -2.45. The van der Waals surface area contributed by atoms with E-state index in [9.17, 15) is 9.59 Å². The van der Waals surface area contributed by atoms with E-state index in [1.807, 2.05) is 48.9 Å². The summed E-state index contributed by atoms with van der Waals surface area (Å²) in [6.07, 6.45) is 9.13. The molecule has 0 bridgehead atoms. The maximum atomic E-state index is 12.4. The maximum absolute atomic E-state index is 12.4. The highest BCUT2D eigenvalue weighted by molar-refractivity contribution is 8.18. The predicted molar refractivity (Wildman–Crippen MR) is 93.7 cm³/mol. The van der Waals surface area contributed by atoms with Crippen molar-refractivity contribution in [3.05, 3.63) is 40.9 Å². The van der Waals surface area contributed by atoms with Gasteiger partial charge in [-0.2, -0.15) is 0 Å². The summed E-state index contributed by atoms with van der Waals surface area (Å²) in [6, 6.07) is 7.73. The molecule has 0 aliphatic carbocycles. The lowest BCUT2D eigenvalue weighted by atomic mass is 10.1. The quantitative estimate of drug-likeness (QED) is 0.638. The Kier molecular flexibility index (Phi) is 4.01. The van der Waals surface area contributed by atoms with Crippen LogP contribution in [0.2, 0.25) is 0 Å². The molecule has 0 N–H and O–H groups in total. The monoisotopic (exact) mass is 324 g/mol. The Labute approximate surface area is 139 Å². The van der Waals surface area contributed by atoms with E-state index < -0.39 is 0 Å². The summed E-state index contributed by atoms with van der Waals surface area (Å²) >= 11 is 0.985. The zero-order chi connectivity index (χ0) is 16.6. The molecule has 2 amide bonds. The number of hydrogen-bond donors (Lipinski definition) is 0. The number of benzene rings is 1. The normalized spacial score (nSPS) is 16.8. The molecule has 3 rings (SSSR count). The van der Waals surface area contributed by atoms with Crippen molar-refractivity contribution in [3.8, 4) is 12.3 Å². The number of nitrogens with zero attached hydrogens (tertiary/aromatic N) is 2. The molecule has 116 valence electrons. The smallest absolute Gasteiger partial charge is 0.293 e. The fourth-order valence-electron chi connectivity index (χ4n) is 2.69. The summed E-state index contributed by atoms with van der Waals surface area (Å²) in [5.41, 5.74) is 1.91. The summed E-state index contributed by atoms with van der Waals surface area (Å²) in [5, 5.41) is 0.794. The van der Waals surface area contributed by atoms with Gasteiger partial charge in [0.2, 0.25) is 0 Å². The first-order valence-electron chi connectivity index (χ1n) is 7.31. The average Bonchev–Trinajstić information content (AvgIpc) is 2.99. The van der Waals surface area contributed by atoms with E-state index >= 15 is 0 Å². The molecule has 2 heterocycles. The van der Waals surface area contributed by atoms with Gasteiger partial charge in [0.1, 0.15) is 0 Å². The number of para-hydroxylation sites is 1. The van der Waals surface area contributed by atoms with Crippen LogP contribution in [0.25, 0.3) is 17.0 Å². The van der Waals surface area contributed by atoms with Crippen molar-refractivity contribution in [1.82, 2.24) is 9.47 Å². The van der Waals surface area contributed by atoms with E-state index in [1.54, 1.807) is 6.08 Å². The molecule has 0 unspecified atom stereocenters. The SMILES string of the molecule is C#CCn1cc(/C=C2\SC(=O)N(C(C)C)C2=O)c2ccccc21. The van der Waals surface area contributed by atoms with Crippen molar-refractivity contribution in [3.63, 3.8) is 0 Å². The minimum absolute atomic E-state index is 0.142. The van der Waals surface area contributed by atoms with Gasteiger partial charge in [0.15, 0.2) is 0 Å². The predicted octanol–water partition coefficient (Wildman–Crippen LogP) is 3.72. The maximum Gasteiger partial charge on any atom is 0.293 e. The molecule has 0 spiro atoms. The summed E-state index contributed by atoms with van der Waals surface area (Å²) < 4.78 is 1.97. The van der Waals surface area contributed by atoms with E-state index in [0.29, 0.717) is 11.4 Å². The molecule has 0 atom stereocenters. The van der Waals surface area contributed by atoms with Crippen molar-refractivity contribution in [2.75, 3.05) is 0 Å². The molecular weight excluding hydrogens is 308 g/mol. The van der Waals surface area contributed by atoms with Crippen molar-refractivity contribution in [2.45, 2.75) is 26.4 Å². The molecule has 1 saturated heterocycles.